The fraction of sp³-hybridized carbons (Fsp3) is 0.207. The van der Waals surface area contributed by atoms with Crippen molar-refractivity contribution in [2.45, 2.75) is 18.9 Å². The minimum absolute atomic E-state index is 0.125. The number of nitrogens with one attached hydrogen (secondary N) is 2. The molecule has 2 N–H and O–H groups in total. The van der Waals surface area contributed by atoms with Gasteiger partial charge in [0.1, 0.15) is 22.8 Å². The first-order valence-electron chi connectivity index (χ1n) is 12.9. The van der Waals surface area contributed by atoms with Crippen LogP contribution in [-0.2, 0) is 6.54 Å². The van der Waals surface area contributed by atoms with Crippen LogP contribution in [0.3, 0.4) is 0 Å². The van der Waals surface area contributed by atoms with E-state index in [4.69, 9.17) is 9.72 Å². The number of fused-ring (bicyclic) bond motifs is 2. The molecule has 0 atom stereocenters. The van der Waals surface area contributed by atoms with Crippen molar-refractivity contribution < 1.29 is 17.9 Å². The lowest BCUT2D eigenvalue weighted by molar-refractivity contribution is 0.0115. The molecule has 0 aliphatic carbocycles. The fourth-order valence-electron chi connectivity index (χ4n) is 5.25. The molecule has 1 saturated heterocycles. The van der Waals surface area contributed by atoms with E-state index in [2.05, 4.69) is 30.1 Å². The number of ether oxygens (including phenoxy) is 1. The molecule has 6 aromatic rings. The second-order valence-corrected chi connectivity index (χ2v) is 10.1. The smallest absolute Gasteiger partial charge is 0.261 e. The minimum atomic E-state index is -2.64. The zero-order valence-corrected chi connectivity index (χ0v) is 21.8. The normalized spacial score (nSPS) is 15.2. The van der Waals surface area contributed by atoms with Crippen molar-refractivity contribution in [1.82, 2.24) is 40.0 Å². The Balaban J connectivity index is 1.25. The molecule has 1 aliphatic heterocycles. The number of aromatic amines is 2. The number of halogens is 3. The Morgan fingerprint density at radius 3 is 2.71 bits per heavy atom. The molecule has 0 spiro atoms. The van der Waals surface area contributed by atoms with Gasteiger partial charge in [0.25, 0.3) is 5.92 Å². The van der Waals surface area contributed by atoms with E-state index in [9.17, 15) is 13.2 Å². The van der Waals surface area contributed by atoms with Crippen LogP contribution in [0.1, 0.15) is 12.0 Å². The van der Waals surface area contributed by atoms with Crippen molar-refractivity contribution in [2.75, 3.05) is 20.2 Å². The van der Waals surface area contributed by atoms with E-state index in [0.717, 1.165) is 22.1 Å². The van der Waals surface area contributed by atoms with Crippen molar-refractivity contribution in [3.8, 4) is 39.7 Å². The Morgan fingerprint density at radius 1 is 1.00 bits per heavy atom. The quantitative estimate of drug-likeness (QED) is 0.274. The minimum Gasteiger partial charge on any atom is -0.497 e. The topological polar surface area (TPSA) is 108 Å². The Hall–Kier alpha value is -4.84. The van der Waals surface area contributed by atoms with E-state index < -0.39 is 11.7 Å². The molecule has 0 bridgehead atoms. The highest BCUT2D eigenvalue weighted by molar-refractivity contribution is 5.96. The molecule has 0 radical (unpaired) electrons. The lowest BCUT2D eigenvalue weighted by atomic mass is 10.1. The number of imidazole rings is 1. The van der Waals surface area contributed by atoms with Crippen molar-refractivity contribution in [1.29, 1.82) is 0 Å². The molecule has 7 rings (SSSR count). The first-order chi connectivity index (χ1) is 19.8. The Labute approximate surface area is 231 Å². The van der Waals surface area contributed by atoms with Gasteiger partial charge in [-0.2, -0.15) is 5.10 Å². The van der Waals surface area contributed by atoms with Crippen LogP contribution in [0.2, 0.25) is 0 Å². The number of H-pyrrole nitrogens is 2. The van der Waals surface area contributed by atoms with E-state index in [-0.39, 0.29) is 13.0 Å². The van der Waals surface area contributed by atoms with E-state index in [1.165, 1.54) is 19.2 Å². The maximum atomic E-state index is 14.2. The summed E-state index contributed by atoms with van der Waals surface area (Å²) in [5.74, 6) is -2.22. The largest absolute Gasteiger partial charge is 0.497 e. The highest BCUT2D eigenvalue weighted by atomic mass is 19.3. The molecule has 0 saturated carbocycles. The number of aromatic nitrogens is 7. The van der Waals surface area contributed by atoms with Crippen LogP contribution in [0.5, 0.6) is 5.75 Å². The van der Waals surface area contributed by atoms with Crippen LogP contribution in [0.25, 0.3) is 56.0 Å². The van der Waals surface area contributed by atoms with Gasteiger partial charge in [-0.3, -0.25) is 20.0 Å². The molecule has 0 unspecified atom stereocenters. The highest BCUT2D eigenvalue weighted by Gasteiger charge is 2.37. The summed E-state index contributed by atoms with van der Waals surface area (Å²) in [4.78, 5) is 23.2. The van der Waals surface area contributed by atoms with Crippen LogP contribution in [0.4, 0.5) is 13.2 Å². The van der Waals surface area contributed by atoms with Crippen LogP contribution >= 0.6 is 0 Å². The molecule has 41 heavy (non-hydrogen) atoms. The number of benzene rings is 1. The predicted molar refractivity (Wildman–Crippen MR) is 147 cm³/mol. The van der Waals surface area contributed by atoms with Crippen molar-refractivity contribution >= 4 is 22.1 Å². The molecule has 206 valence electrons. The van der Waals surface area contributed by atoms with Gasteiger partial charge in [-0.1, -0.05) is 0 Å². The summed E-state index contributed by atoms with van der Waals surface area (Å²) in [5.41, 5.74) is 5.87. The first-order valence-corrected chi connectivity index (χ1v) is 12.9. The van der Waals surface area contributed by atoms with Gasteiger partial charge in [0.15, 0.2) is 11.5 Å². The second-order valence-electron chi connectivity index (χ2n) is 10.1. The lowest BCUT2D eigenvalue weighted by Crippen LogP contribution is -2.24. The SMILES string of the molecule is COc1cc(F)cc(-c2nccc3[nH]c(-c4n[nH]c5ncc(-c6cncc(CN7CCC(F)(F)C7)c6)cc45)nc23)c1. The summed E-state index contributed by atoms with van der Waals surface area (Å²) in [6, 6.07) is 10.1. The number of methoxy groups -OCH3 is 1. The Morgan fingerprint density at radius 2 is 1.88 bits per heavy atom. The molecule has 1 aromatic carbocycles. The predicted octanol–water partition coefficient (Wildman–Crippen LogP) is 5.61. The van der Waals surface area contributed by atoms with Gasteiger partial charge in [0.05, 0.1) is 30.3 Å². The van der Waals surface area contributed by atoms with Gasteiger partial charge >= 0.3 is 0 Å². The summed E-state index contributed by atoms with van der Waals surface area (Å²) in [7, 11) is 1.48. The summed E-state index contributed by atoms with van der Waals surface area (Å²) >= 11 is 0. The maximum Gasteiger partial charge on any atom is 0.261 e. The number of likely N-dealkylation sites (tertiary alicyclic amines) is 1. The van der Waals surface area contributed by atoms with Gasteiger partial charge in [0, 0.05) is 67.1 Å². The number of alkyl halides is 2. The van der Waals surface area contributed by atoms with Gasteiger partial charge in [-0.15, -0.1) is 0 Å². The molecule has 12 heteroatoms. The number of pyridine rings is 3. The average Bonchev–Trinajstić information content (AvgIpc) is 3.68. The van der Waals surface area contributed by atoms with Crippen LogP contribution < -0.4 is 4.74 Å². The van der Waals surface area contributed by atoms with Crippen LogP contribution in [0, 0.1) is 5.82 Å². The van der Waals surface area contributed by atoms with Gasteiger partial charge in [-0.05, 0) is 35.9 Å². The second kappa shape index (κ2) is 9.66. The van der Waals surface area contributed by atoms with Crippen LogP contribution in [-0.4, -0.2) is 66.1 Å². The molecule has 0 amide bonds. The number of hydrogen-bond donors (Lipinski definition) is 2. The summed E-state index contributed by atoms with van der Waals surface area (Å²) in [6.07, 6.45) is 6.63. The molecule has 6 heterocycles. The summed E-state index contributed by atoms with van der Waals surface area (Å²) < 4.78 is 46.8. The molecular formula is C29H23F3N8O. The molecular weight excluding hydrogens is 533 g/mol. The standard InChI is InChI=1S/C29H23F3N8O/c1-41-21-8-17(7-20(30)10-21)24-26-23(2-4-34-24)36-28(37-26)25-22-9-19(13-35-27(22)39-38-25)18-6-16(11-33-12-18)14-40-5-3-29(31,32)15-40/h2,4,6-13H,3,5,14-15H2,1H3,(H,36,37)(H,35,38,39). The highest BCUT2D eigenvalue weighted by Crippen LogP contribution is 2.33. The van der Waals surface area contributed by atoms with E-state index in [1.54, 1.807) is 41.8 Å². The van der Waals surface area contributed by atoms with E-state index >= 15 is 0 Å². The number of nitrogens with zero attached hydrogens (tertiary/aromatic N) is 6. The molecule has 5 aromatic heterocycles. The van der Waals surface area contributed by atoms with Crippen molar-refractivity contribution in [3.63, 3.8) is 0 Å². The Kier molecular flexibility index (Phi) is 5.93. The summed E-state index contributed by atoms with van der Waals surface area (Å²) in [5, 5.41) is 8.14. The van der Waals surface area contributed by atoms with Crippen LogP contribution in [0.15, 0.2) is 61.2 Å². The number of hydrogen-bond acceptors (Lipinski definition) is 7. The average molecular weight is 557 g/mol. The molecule has 9 nitrogen and oxygen atoms in total. The monoisotopic (exact) mass is 556 g/mol. The third kappa shape index (κ3) is 4.76. The van der Waals surface area contributed by atoms with E-state index in [1.807, 2.05) is 12.1 Å². The van der Waals surface area contributed by atoms with Crippen molar-refractivity contribution in [3.05, 3.63) is 72.6 Å². The zero-order valence-electron chi connectivity index (χ0n) is 21.8. The third-order valence-electron chi connectivity index (χ3n) is 7.21. The van der Waals surface area contributed by atoms with Gasteiger partial charge < -0.3 is 9.72 Å². The number of rotatable bonds is 6. The summed E-state index contributed by atoms with van der Waals surface area (Å²) in [6.45, 7) is 0.505. The van der Waals surface area contributed by atoms with E-state index in [0.29, 0.717) is 58.3 Å². The lowest BCUT2D eigenvalue weighted by Gasteiger charge is -2.15. The fourth-order valence-corrected chi connectivity index (χ4v) is 5.25. The first kappa shape index (κ1) is 25.1. The van der Waals surface area contributed by atoms with Gasteiger partial charge in [-0.25, -0.2) is 23.1 Å². The third-order valence-corrected chi connectivity index (χ3v) is 7.21. The van der Waals surface area contributed by atoms with Gasteiger partial charge in [0.2, 0.25) is 0 Å². The Bertz CT molecular complexity index is 1920. The molecule has 1 fully saturated rings. The zero-order chi connectivity index (χ0) is 28.1. The van der Waals surface area contributed by atoms with Crippen molar-refractivity contribution in [2.24, 2.45) is 0 Å². The molecule has 1 aliphatic rings. The maximum absolute atomic E-state index is 14.2.